The smallest absolute Gasteiger partial charge is 0.317 e. The van der Waals surface area contributed by atoms with Crippen molar-refractivity contribution in [3.8, 4) is 0 Å². The third-order valence-corrected chi connectivity index (χ3v) is 5.55. The molecule has 1 aliphatic rings. The molecule has 20 heavy (non-hydrogen) atoms. The molecule has 118 valence electrons. The number of hydrogen-bond acceptors (Lipinski definition) is 4. The largest absolute Gasteiger partial charge is 0.480 e. The summed E-state index contributed by atoms with van der Waals surface area (Å²) in [4.78, 5) is 10.5. The quantitative estimate of drug-likeness (QED) is 0.756. The van der Waals surface area contributed by atoms with Crippen molar-refractivity contribution in [2.24, 2.45) is 11.3 Å². The zero-order valence-electron chi connectivity index (χ0n) is 12.6. The first-order valence-electron chi connectivity index (χ1n) is 7.00. The lowest BCUT2D eigenvalue weighted by Crippen LogP contribution is -2.45. The minimum Gasteiger partial charge on any atom is -0.480 e. The molecule has 7 heteroatoms. The van der Waals surface area contributed by atoms with Gasteiger partial charge in [0.1, 0.15) is 0 Å². The molecule has 0 bridgehead atoms. The van der Waals surface area contributed by atoms with Gasteiger partial charge in [-0.2, -0.15) is 0 Å². The van der Waals surface area contributed by atoms with Crippen LogP contribution in [0.5, 0.6) is 0 Å². The van der Waals surface area contributed by atoms with Gasteiger partial charge in [-0.15, -0.1) is 0 Å². The molecule has 1 heterocycles. The highest BCUT2D eigenvalue weighted by molar-refractivity contribution is 7.89. The van der Waals surface area contributed by atoms with Crippen LogP contribution in [-0.4, -0.2) is 55.7 Å². The van der Waals surface area contributed by atoms with E-state index in [-0.39, 0.29) is 23.6 Å². The first kappa shape index (κ1) is 17.4. The molecule has 6 nitrogen and oxygen atoms in total. The Labute approximate surface area is 121 Å². The van der Waals surface area contributed by atoms with E-state index in [1.807, 2.05) is 20.8 Å². The van der Waals surface area contributed by atoms with Gasteiger partial charge < -0.3 is 10.4 Å². The van der Waals surface area contributed by atoms with E-state index in [1.165, 1.54) is 0 Å². The van der Waals surface area contributed by atoms with Gasteiger partial charge >= 0.3 is 5.97 Å². The highest BCUT2D eigenvalue weighted by Crippen LogP contribution is 2.23. The van der Waals surface area contributed by atoms with E-state index in [4.69, 9.17) is 5.11 Å². The van der Waals surface area contributed by atoms with Gasteiger partial charge in [0.25, 0.3) is 0 Å². The highest BCUT2D eigenvalue weighted by atomic mass is 32.2. The van der Waals surface area contributed by atoms with E-state index in [2.05, 4.69) is 5.32 Å². The number of aliphatic carboxylic acids is 1. The maximum Gasteiger partial charge on any atom is 0.317 e. The van der Waals surface area contributed by atoms with E-state index < -0.39 is 16.0 Å². The monoisotopic (exact) mass is 306 g/mol. The second kappa shape index (κ2) is 6.87. The van der Waals surface area contributed by atoms with Crippen molar-refractivity contribution in [3.05, 3.63) is 0 Å². The van der Waals surface area contributed by atoms with Crippen molar-refractivity contribution < 1.29 is 18.3 Å². The van der Waals surface area contributed by atoms with Gasteiger partial charge in [0, 0.05) is 13.1 Å². The van der Waals surface area contributed by atoms with Crippen LogP contribution in [0.1, 0.15) is 33.6 Å². The van der Waals surface area contributed by atoms with Crippen LogP contribution >= 0.6 is 0 Å². The van der Waals surface area contributed by atoms with Crippen molar-refractivity contribution in [1.82, 2.24) is 9.62 Å². The number of hydrogen-bond donors (Lipinski definition) is 2. The fourth-order valence-electron chi connectivity index (χ4n) is 2.47. The maximum atomic E-state index is 12.3. The Kier molecular flexibility index (Phi) is 5.97. The van der Waals surface area contributed by atoms with Crippen LogP contribution in [0.4, 0.5) is 0 Å². The molecule has 1 fully saturated rings. The number of nitrogens with one attached hydrogen (secondary N) is 1. The van der Waals surface area contributed by atoms with Gasteiger partial charge in [0.15, 0.2) is 0 Å². The number of nitrogens with zero attached hydrogens (tertiary/aromatic N) is 1. The zero-order valence-corrected chi connectivity index (χ0v) is 13.4. The standard InChI is InChI=1S/C13H26N2O4S/c1-13(2,3)10-20(18,19)15-6-4-5-11(9-15)7-14-8-12(16)17/h11,14H,4-10H2,1-3H3,(H,16,17). The van der Waals surface area contributed by atoms with E-state index >= 15 is 0 Å². The molecule has 0 aromatic carbocycles. The Hall–Kier alpha value is -0.660. The molecule has 1 rings (SSSR count). The Morgan fingerprint density at radius 3 is 2.60 bits per heavy atom. The van der Waals surface area contributed by atoms with Crippen LogP contribution in [0.2, 0.25) is 0 Å². The second-order valence-corrected chi connectivity index (χ2v) is 8.68. The molecule has 0 aromatic heterocycles. The average molecular weight is 306 g/mol. The molecule has 1 unspecified atom stereocenters. The molecular formula is C13H26N2O4S. The predicted octanol–water partition coefficient (Wildman–Crippen LogP) is 0.749. The number of carboxylic acid groups (broad SMARTS) is 1. The summed E-state index contributed by atoms with van der Waals surface area (Å²) in [6.07, 6.45) is 1.77. The minimum atomic E-state index is -3.23. The highest BCUT2D eigenvalue weighted by Gasteiger charge is 2.31. The maximum absolute atomic E-state index is 12.3. The average Bonchev–Trinajstić information content (AvgIpc) is 2.25. The van der Waals surface area contributed by atoms with E-state index in [0.717, 1.165) is 12.8 Å². The fourth-order valence-corrected chi connectivity index (χ4v) is 4.59. The normalized spacial score (nSPS) is 21.9. The van der Waals surface area contributed by atoms with Gasteiger partial charge in [-0.3, -0.25) is 4.79 Å². The lowest BCUT2D eigenvalue weighted by Gasteiger charge is -2.33. The Morgan fingerprint density at radius 2 is 2.05 bits per heavy atom. The third-order valence-electron chi connectivity index (χ3n) is 3.20. The van der Waals surface area contributed by atoms with Crippen LogP contribution in [-0.2, 0) is 14.8 Å². The summed E-state index contributed by atoms with van der Waals surface area (Å²) >= 11 is 0. The summed E-state index contributed by atoms with van der Waals surface area (Å²) in [5.41, 5.74) is -0.257. The molecule has 0 saturated carbocycles. The lowest BCUT2D eigenvalue weighted by molar-refractivity contribution is -0.136. The molecule has 2 N–H and O–H groups in total. The van der Waals surface area contributed by atoms with Crippen LogP contribution in [0.3, 0.4) is 0 Å². The number of rotatable bonds is 6. The van der Waals surface area contributed by atoms with Crippen molar-refractivity contribution >= 4 is 16.0 Å². The molecule has 0 aromatic rings. The predicted molar refractivity (Wildman–Crippen MR) is 78.0 cm³/mol. The van der Waals surface area contributed by atoms with Gasteiger partial charge in [-0.25, -0.2) is 12.7 Å². The lowest BCUT2D eigenvalue weighted by atomic mass is 10.00. The van der Waals surface area contributed by atoms with Gasteiger partial charge in [-0.05, 0) is 30.7 Å². The van der Waals surface area contributed by atoms with Gasteiger partial charge in [0.05, 0.1) is 12.3 Å². The molecule has 0 amide bonds. The van der Waals surface area contributed by atoms with E-state index in [1.54, 1.807) is 4.31 Å². The number of piperidine rings is 1. The van der Waals surface area contributed by atoms with Crippen molar-refractivity contribution in [1.29, 1.82) is 0 Å². The summed E-state index contributed by atoms with van der Waals surface area (Å²) in [5, 5.41) is 11.4. The van der Waals surface area contributed by atoms with Crippen molar-refractivity contribution in [2.45, 2.75) is 33.6 Å². The Bertz CT molecular complexity index is 428. The molecule has 1 aliphatic heterocycles. The SMILES string of the molecule is CC(C)(C)CS(=O)(=O)N1CCCC(CNCC(=O)O)C1. The number of sulfonamides is 1. The summed E-state index contributed by atoms with van der Waals surface area (Å²) in [5.74, 6) is -0.550. The molecule has 0 radical (unpaired) electrons. The molecular weight excluding hydrogens is 280 g/mol. The molecule has 0 spiro atoms. The van der Waals surface area contributed by atoms with Crippen molar-refractivity contribution in [2.75, 3.05) is 31.9 Å². The summed E-state index contributed by atoms with van der Waals surface area (Å²) in [7, 11) is -3.23. The first-order chi connectivity index (χ1) is 9.10. The van der Waals surface area contributed by atoms with Crippen LogP contribution in [0.15, 0.2) is 0 Å². The molecule has 1 saturated heterocycles. The summed E-state index contributed by atoms with van der Waals surface area (Å²) in [6.45, 7) is 7.29. The second-order valence-electron chi connectivity index (χ2n) is 6.71. The van der Waals surface area contributed by atoms with Crippen molar-refractivity contribution in [3.63, 3.8) is 0 Å². The number of carboxylic acids is 1. The number of carbonyl (C=O) groups is 1. The van der Waals surface area contributed by atoms with E-state index in [9.17, 15) is 13.2 Å². The molecule has 1 atom stereocenters. The Morgan fingerprint density at radius 1 is 1.40 bits per heavy atom. The van der Waals surface area contributed by atoms with Gasteiger partial charge in [-0.1, -0.05) is 20.8 Å². The molecule has 0 aliphatic carbocycles. The van der Waals surface area contributed by atoms with E-state index in [0.29, 0.717) is 19.6 Å². The summed E-state index contributed by atoms with van der Waals surface area (Å²) in [6, 6.07) is 0. The van der Waals surface area contributed by atoms with Gasteiger partial charge in [0.2, 0.25) is 10.0 Å². The van der Waals surface area contributed by atoms with Crippen LogP contribution in [0, 0.1) is 11.3 Å². The third kappa shape index (κ3) is 6.19. The zero-order chi connectivity index (χ0) is 15.4. The topological polar surface area (TPSA) is 86.7 Å². The van der Waals surface area contributed by atoms with Crippen LogP contribution < -0.4 is 5.32 Å². The minimum absolute atomic E-state index is 0.0781. The fraction of sp³-hybridized carbons (Fsp3) is 0.923. The first-order valence-corrected chi connectivity index (χ1v) is 8.61. The summed E-state index contributed by atoms with van der Waals surface area (Å²) < 4.78 is 26.2. The Balaban J connectivity index is 2.53. The van der Waals surface area contributed by atoms with Crippen LogP contribution in [0.25, 0.3) is 0 Å².